The molecule has 0 bridgehead atoms. The number of carbonyl (C=O) groups is 2. The minimum atomic E-state index is -0.452. The van der Waals surface area contributed by atoms with Crippen molar-refractivity contribution in [2.24, 2.45) is 0 Å². The molecule has 38 heavy (non-hydrogen) atoms. The van der Waals surface area contributed by atoms with Gasteiger partial charge in [-0.1, -0.05) is 6.07 Å². The number of hydrogen-bond donors (Lipinski definition) is 0. The van der Waals surface area contributed by atoms with Crippen LogP contribution in [0.15, 0.2) is 48.2 Å². The van der Waals surface area contributed by atoms with Crippen molar-refractivity contribution in [3.05, 3.63) is 70.5 Å². The second-order valence-electron chi connectivity index (χ2n) is 9.18. The van der Waals surface area contributed by atoms with Gasteiger partial charge in [0.25, 0.3) is 0 Å². The van der Waals surface area contributed by atoms with Crippen LogP contribution in [0.1, 0.15) is 39.4 Å². The zero-order valence-electron chi connectivity index (χ0n) is 20.4. The number of fused-ring (bicyclic) bond motifs is 5. The summed E-state index contributed by atoms with van der Waals surface area (Å²) in [5.74, 6) is 2.65. The number of hydrogen-bond acceptors (Lipinski definition) is 9. The second kappa shape index (κ2) is 8.72. The number of ketones is 1. The highest BCUT2D eigenvalue weighted by Crippen LogP contribution is 2.51. The number of methoxy groups -OCH3 is 1. The first-order chi connectivity index (χ1) is 18.6. The lowest BCUT2D eigenvalue weighted by Crippen LogP contribution is -2.22. The Labute approximate surface area is 217 Å². The Morgan fingerprint density at radius 1 is 0.789 bits per heavy atom. The average molecular weight is 514 g/mol. The number of ether oxygens (including phenoxy) is 7. The Morgan fingerprint density at radius 3 is 2.39 bits per heavy atom. The number of Topliss-reactive ketones (excluding diaryl/α,β-unsaturated/α-hetero) is 1. The highest BCUT2D eigenvalue weighted by atomic mass is 16.6. The maximum Gasteiger partial charge on any atom is 0.312 e. The summed E-state index contributed by atoms with van der Waals surface area (Å²) in [6, 6.07) is 12.4. The Balaban J connectivity index is 1.30. The van der Waals surface area contributed by atoms with Crippen molar-refractivity contribution in [3.63, 3.8) is 0 Å². The van der Waals surface area contributed by atoms with E-state index in [2.05, 4.69) is 0 Å². The molecule has 0 aromatic heterocycles. The van der Waals surface area contributed by atoms with Crippen LogP contribution in [-0.4, -0.2) is 45.3 Å². The highest BCUT2D eigenvalue weighted by molar-refractivity contribution is 6.15. The van der Waals surface area contributed by atoms with Crippen molar-refractivity contribution in [2.75, 3.05) is 33.5 Å². The monoisotopic (exact) mass is 514 g/mol. The van der Waals surface area contributed by atoms with Gasteiger partial charge in [0, 0.05) is 11.5 Å². The van der Waals surface area contributed by atoms with E-state index in [4.69, 9.17) is 33.2 Å². The summed E-state index contributed by atoms with van der Waals surface area (Å²) < 4.78 is 40.1. The quantitative estimate of drug-likeness (QED) is 0.288. The van der Waals surface area contributed by atoms with Crippen LogP contribution in [0.2, 0.25) is 0 Å². The lowest BCUT2D eigenvalue weighted by atomic mass is 9.84. The van der Waals surface area contributed by atoms with Crippen LogP contribution in [0.5, 0.6) is 40.2 Å². The van der Waals surface area contributed by atoms with Gasteiger partial charge in [-0.3, -0.25) is 9.59 Å². The molecule has 0 unspecified atom stereocenters. The normalized spacial score (nSPS) is 19.8. The molecule has 192 valence electrons. The van der Waals surface area contributed by atoms with Gasteiger partial charge in [0.2, 0.25) is 11.5 Å². The Morgan fingerprint density at radius 2 is 1.55 bits per heavy atom. The van der Waals surface area contributed by atoms with E-state index in [9.17, 15) is 9.59 Å². The van der Waals surface area contributed by atoms with Crippen LogP contribution in [0.25, 0.3) is 6.08 Å². The molecule has 0 N–H and O–H groups in total. The number of carbonyl (C=O) groups excluding carboxylic acids is 2. The smallest absolute Gasteiger partial charge is 0.312 e. The number of allylic oxidation sites excluding steroid dienone is 1. The van der Waals surface area contributed by atoms with Crippen LogP contribution >= 0.6 is 0 Å². The molecule has 3 aromatic carbocycles. The summed E-state index contributed by atoms with van der Waals surface area (Å²) in [7, 11) is 1.55. The van der Waals surface area contributed by atoms with Crippen molar-refractivity contribution in [2.45, 2.75) is 12.3 Å². The van der Waals surface area contributed by atoms with Crippen molar-refractivity contribution < 1.29 is 42.7 Å². The topological polar surface area (TPSA) is 98.8 Å². The first-order valence-corrected chi connectivity index (χ1v) is 12.3. The van der Waals surface area contributed by atoms with Gasteiger partial charge in [-0.2, -0.15) is 0 Å². The van der Waals surface area contributed by atoms with Gasteiger partial charge >= 0.3 is 5.97 Å². The second-order valence-corrected chi connectivity index (χ2v) is 9.18. The lowest BCUT2D eigenvalue weighted by Gasteiger charge is -2.28. The third kappa shape index (κ3) is 3.61. The summed E-state index contributed by atoms with van der Waals surface area (Å²) in [5.41, 5.74) is 2.52. The molecule has 0 radical (unpaired) electrons. The molecule has 1 atom stereocenters. The standard InChI is InChI=1S/C29H22O9/c1-32-23-12-16(13-24-29(23)36-9-8-35-24)18-14-25(30)37-20-5-3-17-27(31)22(38-28(17)26(18)20)11-15-2-4-19-21(10-15)34-7-6-33-19/h2-5,10-13,18H,6-9,14H2,1H3/b22-11-/t18-/m1/s1. The molecule has 0 aliphatic carbocycles. The fourth-order valence-corrected chi connectivity index (χ4v) is 5.19. The molecule has 0 amide bonds. The Bertz CT molecular complexity index is 1520. The van der Waals surface area contributed by atoms with E-state index in [0.717, 1.165) is 11.1 Å². The van der Waals surface area contributed by atoms with Gasteiger partial charge in [0.05, 0.1) is 19.1 Å². The van der Waals surface area contributed by atoms with Gasteiger partial charge in [0.15, 0.2) is 28.8 Å². The Hall–Kier alpha value is -4.66. The van der Waals surface area contributed by atoms with E-state index in [-0.39, 0.29) is 23.9 Å². The van der Waals surface area contributed by atoms with Gasteiger partial charge in [0.1, 0.15) is 37.9 Å². The van der Waals surface area contributed by atoms with E-state index < -0.39 is 5.92 Å². The van der Waals surface area contributed by atoms with Crippen LogP contribution in [-0.2, 0) is 4.79 Å². The average Bonchev–Trinajstić information content (AvgIpc) is 3.26. The Kier molecular flexibility index (Phi) is 5.17. The van der Waals surface area contributed by atoms with E-state index in [0.29, 0.717) is 77.8 Å². The molecule has 4 heterocycles. The first-order valence-electron chi connectivity index (χ1n) is 12.3. The van der Waals surface area contributed by atoms with Crippen LogP contribution in [0, 0.1) is 0 Å². The molecule has 7 rings (SSSR count). The maximum absolute atomic E-state index is 13.4. The summed E-state index contributed by atoms with van der Waals surface area (Å²) in [6.07, 6.45) is 1.73. The third-order valence-corrected chi connectivity index (χ3v) is 6.90. The molecule has 9 heteroatoms. The number of rotatable bonds is 3. The van der Waals surface area contributed by atoms with Crippen molar-refractivity contribution in [1.82, 2.24) is 0 Å². The molecule has 0 saturated carbocycles. The predicted molar refractivity (Wildman–Crippen MR) is 133 cm³/mol. The van der Waals surface area contributed by atoms with Gasteiger partial charge in [-0.05, 0) is 53.6 Å². The summed E-state index contributed by atoms with van der Waals surface area (Å²) in [6.45, 7) is 1.79. The number of esters is 1. The minimum absolute atomic E-state index is 0.0605. The van der Waals surface area contributed by atoms with Gasteiger partial charge in [-0.15, -0.1) is 0 Å². The summed E-state index contributed by atoms with van der Waals surface area (Å²) in [5, 5.41) is 0. The van der Waals surface area contributed by atoms with E-state index in [1.807, 2.05) is 24.3 Å². The van der Waals surface area contributed by atoms with Crippen LogP contribution in [0.4, 0.5) is 0 Å². The van der Waals surface area contributed by atoms with E-state index >= 15 is 0 Å². The van der Waals surface area contributed by atoms with Crippen molar-refractivity contribution >= 4 is 17.8 Å². The third-order valence-electron chi connectivity index (χ3n) is 6.90. The number of benzene rings is 3. The van der Waals surface area contributed by atoms with Crippen molar-refractivity contribution in [1.29, 1.82) is 0 Å². The van der Waals surface area contributed by atoms with Crippen LogP contribution in [0.3, 0.4) is 0 Å². The fraction of sp³-hybridized carbons (Fsp3) is 0.241. The zero-order valence-corrected chi connectivity index (χ0v) is 20.4. The zero-order chi connectivity index (χ0) is 25.8. The van der Waals surface area contributed by atoms with Gasteiger partial charge < -0.3 is 33.2 Å². The molecule has 0 fully saturated rings. The van der Waals surface area contributed by atoms with Gasteiger partial charge in [-0.25, -0.2) is 0 Å². The summed E-state index contributed by atoms with van der Waals surface area (Å²) >= 11 is 0. The molecule has 0 saturated heterocycles. The van der Waals surface area contributed by atoms with E-state index in [1.165, 1.54) is 0 Å². The molecule has 3 aromatic rings. The van der Waals surface area contributed by atoms with Crippen LogP contribution < -0.4 is 33.2 Å². The SMILES string of the molecule is COc1cc([C@H]2CC(=O)Oc3ccc4c(c32)O/C(=C\c2ccc3c(c2)OCCO3)C4=O)cc2c1OCCO2. The molecule has 0 spiro atoms. The van der Waals surface area contributed by atoms with Crippen molar-refractivity contribution in [3.8, 4) is 40.2 Å². The molecule has 9 nitrogen and oxygen atoms in total. The molecular weight excluding hydrogens is 492 g/mol. The fourth-order valence-electron chi connectivity index (χ4n) is 5.19. The lowest BCUT2D eigenvalue weighted by molar-refractivity contribution is -0.135. The summed E-state index contributed by atoms with van der Waals surface area (Å²) in [4.78, 5) is 26.0. The highest BCUT2D eigenvalue weighted by Gasteiger charge is 2.39. The largest absolute Gasteiger partial charge is 0.493 e. The molecule has 4 aliphatic heterocycles. The minimum Gasteiger partial charge on any atom is -0.493 e. The maximum atomic E-state index is 13.4. The predicted octanol–water partition coefficient (Wildman–Crippen LogP) is 4.29. The molecule has 4 aliphatic rings. The molecular formula is C29H22O9. The first kappa shape index (κ1) is 22.5. The van der Waals surface area contributed by atoms with E-state index in [1.54, 1.807) is 31.4 Å².